The number of rotatable bonds is 6. The molecule has 1 amide bonds. The van der Waals surface area contributed by atoms with Gasteiger partial charge < -0.3 is 0 Å². The van der Waals surface area contributed by atoms with Crippen molar-refractivity contribution < 1.29 is 4.79 Å². The number of amides is 1. The van der Waals surface area contributed by atoms with Crippen LogP contribution in [0.3, 0.4) is 0 Å². The average molecular weight is 472 g/mol. The van der Waals surface area contributed by atoms with E-state index in [1.54, 1.807) is 29.3 Å². The summed E-state index contributed by atoms with van der Waals surface area (Å²) in [5.74, 6) is 0.481. The number of hydrogen-bond donors (Lipinski definition) is 1. The molecule has 0 saturated carbocycles. The fourth-order valence-electron chi connectivity index (χ4n) is 3.23. The second kappa shape index (κ2) is 9.18. The van der Waals surface area contributed by atoms with Gasteiger partial charge in [0.25, 0.3) is 5.91 Å². The van der Waals surface area contributed by atoms with Crippen LogP contribution < -0.4 is 5.32 Å². The van der Waals surface area contributed by atoms with Crippen molar-refractivity contribution in [2.75, 3.05) is 5.32 Å². The van der Waals surface area contributed by atoms with E-state index in [0.717, 1.165) is 16.1 Å². The summed E-state index contributed by atoms with van der Waals surface area (Å²) < 4.78 is 1.70. The zero-order valence-electron chi connectivity index (χ0n) is 16.8. The van der Waals surface area contributed by atoms with Crippen LogP contribution >= 0.6 is 34.5 Å². The van der Waals surface area contributed by atoms with Crippen LogP contribution in [0.25, 0.3) is 5.82 Å². The minimum absolute atomic E-state index is 0.0714. The zero-order valence-corrected chi connectivity index (χ0v) is 19.2. The van der Waals surface area contributed by atoms with Gasteiger partial charge in [-0.25, -0.2) is 14.6 Å². The number of benzene rings is 1. The third-order valence-electron chi connectivity index (χ3n) is 4.63. The minimum atomic E-state index is -0.257. The number of nitrogens with one attached hydrogen (secondary N) is 1. The molecule has 0 bridgehead atoms. The Labute approximate surface area is 193 Å². The topological polar surface area (TPSA) is 72.7 Å². The zero-order chi connectivity index (χ0) is 22.0. The van der Waals surface area contributed by atoms with E-state index in [-0.39, 0.29) is 11.8 Å². The molecule has 0 saturated heterocycles. The van der Waals surface area contributed by atoms with E-state index >= 15 is 0 Å². The Morgan fingerprint density at radius 2 is 1.97 bits per heavy atom. The van der Waals surface area contributed by atoms with Crippen LogP contribution in [0.5, 0.6) is 0 Å². The highest BCUT2D eigenvalue weighted by atomic mass is 35.5. The summed E-state index contributed by atoms with van der Waals surface area (Å²) in [6, 6.07) is 11.1. The van der Waals surface area contributed by atoms with E-state index in [1.165, 1.54) is 11.3 Å². The average Bonchev–Trinajstić information content (AvgIpc) is 3.39. The third-order valence-corrected chi connectivity index (χ3v) is 6.41. The first-order chi connectivity index (χ1) is 14.9. The molecule has 0 radical (unpaired) electrons. The molecule has 0 atom stereocenters. The first kappa shape index (κ1) is 21.5. The molecule has 0 unspecified atom stereocenters. The Kier molecular flexibility index (Phi) is 6.36. The van der Waals surface area contributed by atoms with Crippen LogP contribution in [-0.2, 0) is 6.42 Å². The van der Waals surface area contributed by atoms with Crippen LogP contribution in [0.1, 0.15) is 46.3 Å². The van der Waals surface area contributed by atoms with Crippen molar-refractivity contribution in [3.8, 4) is 5.82 Å². The molecule has 4 rings (SSSR count). The Bertz CT molecular complexity index is 1220. The van der Waals surface area contributed by atoms with E-state index in [9.17, 15) is 4.79 Å². The molecule has 0 aliphatic heterocycles. The van der Waals surface area contributed by atoms with Crippen LogP contribution in [0.15, 0.2) is 55.0 Å². The van der Waals surface area contributed by atoms with E-state index < -0.39 is 0 Å². The number of thiazole rings is 1. The molecule has 31 heavy (non-hydrogen) atoms. The van der Waals surface area contributed by atoms with E-state index in [2.05, 4.69) is 20.4 Å². The number of nitrogens with zero attached hydrogens (tertiary/aromatic N) is 4. The molecule has 158 valence electrons. The van der Waals surface area contributed by atoms with Crippen molar-refractivity contribution in [3.63, 3.8) is 0 Å². The van der Waals surface area contributed by atoms with Crippen LogP contribution in [0.2, 0.25) is 10.0 Å². The molecule has 9 heteroatoms. The van der Waals surface area contributed by atoms with Gasteiger partial charge in [-0.05, 0) is 29.7 Å². The maximum atomic E-state index is 13.0. The molecule has 0 fully saturated rings. The normalized spacial score (nSPS) is 11.1. The maximum Gasteiger partial charge on any atom is 0.260 e. The molecular weight excluding hydrogens is 453 g/mol. The summed E-state index contributed by atoms with van der Waals surface area (Å²) in [7, 11) is 0. The number of carbonyl (C=O) groups excluding carboxylic acids is 1. The van der Waals surface area contributed by atoms with Crippen molar-refractivity contribution >= 4 is 45.6 Å². The van der Waals surface area contributed by atoms with Crippen LogP contribution in [-0.4, -0.2) is 25.7 Å². The van der Waals surface area contributed by atoms with Gasteiger partial charge >= 0.3 is 0 Å². The summed E-state index contributed by atoms with van der Waals surface area (Å²) >= 11 is 13.8. The summed E-state index contributed by atoms with van der Waals surface area (Å²) in [5, 5.41) is 8.85. The van der Waals surface area contributed by atoms with Gasteiger partial charge in [0.1, 0.15) is 0 Å². The fourth-order valence-corrected chi connectivity index (χ4v) is 4.45. The van der Waals surface area contributed by atoms with Crippen molar-refractivity contribution in [3.05, 3.63) is 86.7 Å². The molecule has 0 spiro atoms. The first-order valence-corrected chi connectivity index (χ1v) is 11.2. The van der Waals surface area contributed by atoms with Gasteiger partial charge in [0.15, 0.2) is 10.9 Å². The van der Waals surface area contributed by atoms with Gasteiger partial charge in [-0.2, -0.15) is 5.10 Å². The second-order valence-corrected chi connectivity index (χ2v) is 9.07. The van der Waals surface area contributed by atoms with E-state index in [0.29, 0.717) is 33.0 Å². The highest BCUT2D eigenvalue weighted by Gasteiger charge is 2.22. The van der Waals surface area contributed by atoms with Gasteiger partial charge in [0, 0.05) is 23.7 Å². The molecule has 3 heterocycles. The fraction of sp³-hybridized carbons (Fsp3) is 0.182. The van der Waals surface area contributed by atoms with Crippen molar-refractivity contribution in [2.24, 2.45) is 0 Å². The molecule has 4 aromatic rings. The van der Waals surface area contributed by atoms with Gasteiger partial charge in [0.05, 0.1) is 27.5 Å². The first-order valence-electron chi connectivity index (χ1n) is 9.62. The number of pyridine rings is 1. The van der Waals surface area contributed by atoms with Crippen LogP contribution in [0, 0.1) is 0 Å². The van der Waals surface area contributed by atoms with E-state index in [1.807, 2.05) is 44.2 Å². The molecule has 3 aromatic heterocycles. The number of anilines is 1. The molecule has 6 nitrogen and oxygen atoms in total. The molecule has 1 N–H and O–H groups in total. The Morgan fingerprint density at radius 1 is 1.13 bits per heavy atom. The smallest absolute Gasteiger partial charge is 0.260 e. The second-order valence-electron chi connectivity index (χ2n) is 7.17. The molecule has 0 aliphatic carbocycles. The summed E-state index contributed by atoms with van der Waals surface area (Å²) in [6.07, 6.45) is 5.59. The number of aromatic nitrogens is 4. The standard InChI is InChI=1S/C22H19Cl2N5OS/c1-13(2)20-16(12-27-29(20)18-8-3-4-9-25-18)21(30)28-22-26-11-15(31-22)10-14-6-5-7-17(23)19(14)24/h3-9,11-13H,10H2,1-2H3,(H,26,28,30). The maximum absolute atomic E-state index is 13.0. The molecule has 1 aromatic carbocycles. The third kappa shape index (κ3) is 4.63. The van der Waals surface area contributed by atoms with Gasteiger partial charge in [-0.3, -0.25) is 10.1 Å². The quantitative estimate of drug-likeness (QED) is 0.374. The Hall–Kier alpha value is -2.74. The lowest BCUT2D eigenvalue weighted by atomic mass is 10.1. The number of carbonyl (C=O) groups is 1. The lowest BCUT2D eigenvalue weighted by Crippen LogP contribution is -2.15. The minimum Gasteiger partial charge on any atom is -0.298 e. The van der Waals surface area contributed by atoms with Gasteiger partial charge in [0.2, 0.25) is 0 Å². The van der Waals surface area contributed by atoms with Crippen LogP contribution in [0.4, 0.5) is 5.13 Å². The molecular formula is C22H19Cl2N5OS. The monoisotopic (exact) mass is 471 g/mol. The summed E-state index contributed by atoms with van der Waals surface area (Å²) in [5.41, 5.74) is 2.20. The Morgan fingerprint density at radius 3 is 2.71 bits per heavy atom. The lowest BCUT2D eigenvalue weighted by molar-refractivity contribution is 0.102. The lowest BCUT2D eigenvalue weighted by Gasteiger charge is -2.11. The summed E-state index contributed by atoms with van der Waals surface area (Å²) in [6.45, 7) is 4.03. The highest BCUT2D eigenvalue weighted by Crippen LogP contribution is 2.30. The molecule has 0 aliphatic rings. The Balaban J connectivity index is 1.54. The SMILES string of the molecule is CC(C)c1c(C(=O)Nc2ncc(Cc3cccc(Cl)c3Cl)s2)cnn1-c1ccccn1. The van der Waals surface area contributed by atoms with E-state index in [4.69, 9.17) is 23.2 Å². The van der Waals surface area contributed by atoms with Crippen molar-refractivity contribution in [2.45, 2.75) is 26.2 Å². The highest BCUT2D eigenvalue weighted by molar-refractivity contribution is 7.15. The van der Waals surface area contributed by atoms with Gasteiger partial charge in [-0.1, -0.05) is 55.2 Å². The predicted octanol–water partition coefficient (Wildman–Crippen LogP) is 6.00. The van der Waals surface area contributed by atoms with Crippen molar-refractivity contribution in [1.82, 2.24) is 19.7 Å². The number of halogens is 2. The largest absolute Gasteiger partial charge is 0.298 e. The number of hydrogen-bond acceptors (Lipinski definition) is 5. The van der Waals surface area contributed by atoms with Crippen molar-refractivity contribution in [1.29, 1.82) is 0 Å². The summed E-state index contributed by atoms with van der Waals surface area (Å²) in [4.78, 5) is 22.6. The predicted molar refractivity (Wildman–Crippen MR) is 125 cm³/mol. The van der Waals surface area contributed by atoms with Gasteiger partial charge in [-0.15, -0.1) is 11.3 Å².